The third-order valence-corrected chi connectivity index (χ3v) is 3.32. The van der Waals surface area contributed by atoms with Gasteiger partial charge in [-0.25, -0.2) is 0 Å². The van der Waals surface area contributed by atoms with Crippen molar-refractivity contribution >= 4 is 0 Å². The minimum absolute atomic E-state index is 0.0464. The van der Waals surface area contributed by atoms with Crippen molar-refractivity contribution < 1.29 is 14.9 Å². The Balaban J connectivity index is 2.30. The van der Waals surface area contributed by atoms with Gasteiger partial charge in [-0.15, -0.1) is 0 Å². The molecule has 0 aromatic heterocycles. The maximum absolute atomic E-state index is 9.46. The van der Waals surface area contributed by atoms with E-state index in [0.717, 1.165) is 18.4 Å². The van der Waals surface area contributed by atoms with Crippen LogP contribution in [0.1, 0.15) is 24.8 Å². The Morgan fingerprint density at radius 2 is 2.00 bits per heavy atom. The summed E-state index contributed by atoms with van der Waals surface area (Å²) in [4.78, 5) is 0. The zero-order valence-corrected chi connectivity index (χ0v) is 8.86. The summed E-state index contributed by atoms with van der Waals surface area (Å²) in [6.07, 6.45) is 3.38. The molecule has 0 spiro atoms. The van der Waals surface area contributed by atoms with Crippen LogP contribution in [0.5, 0.6) is 11.5 Å². The van der Waals surface area contributed by atoms with Gasteiger partial charge < -0.3 is 14.9 Å². The molecular formula is C12H16O3. The van der Waals surface area contributed by atoms with E-state index in [0.29, 0.717) is 6.61 Å². The van der Waals surface area contributed by atoms with Gasteiger partial charge in [0.1, 0.15) is 0 Å². The van der Waals surface area contributed by atoms with E-state index in [9.17, 15) is 10.2 Å². The van der Waals surface area contributed by atoms with Crippen molar-refractivity contribution in [2.75, 3.05) is 13.7 Å². The molecule has 82 valence electrons. The zero-order chi connectivity index (χ0) is 10.9. The number of phenolic OH excluding ortho intramolecular Hbond substituents is 2. The highest BCUT2D eigenvalue weighted by molar-refractivity contribution is 5.44. The molecule has 0 unspecified atom stereocenters. The van der Waals surface area contributed by atoms with Crippen LogP contribution < -0.4 is 0 Å². The molecule has 1 aromatic rings. The molecule has 1 aliphatic rings. The molecule has 1 saturated carbocycles. The number of phenols is 2. The minimum atomic E-state index is -0.0642. The molecule has 3 nitrogen and oxygen atoms in total. The van der Waals surface area contributed by atoms with Gasteiger partial charge in [-0.1, -0.05) is 12.5 Å². The van der Waals surface area contributed by atoms with E-state index in [1.807, 2.05) is 6.07 Å². The lowest BCUT2D eigenvalue weighted by molar-refractivity contribution is 0.0790. The smallest absolute Gasteiger partial charge is 0.157 e. The lowest BCUT2D eigenvalue weighted by atomic mass is 9.65. The topological polar surface area (TPSA) is 49.7 Å². The van der Waals surface area contributed by atoms with Crippen LogP contribution in [0.4, 0.5) is 0 Å². The highest BCUT2D eigenvalue weighted by Gasteiger charge is 2.38. The van der Waals surface area contributed by atoms with Gasteiger partial charge in [0.15, 0.2) is 11.5 Å². The molecule has 0 saturated heterocycles. The Bertz CT molecular complexity index is 356. The van der Waals surface area contributed by atoms with Gasteiger partial charge in [0.2, 0.25) is 0 Å². The SMILES string of the molecule is COCC1(c2ccc(O)c(O)c2)CCC1. The summed E-state index contributed by atoms with van der Waals surface area (Å²) in [6, 6.07) is 5.06. The molecular weight excluding hydrogens is 192 g/mol. The lowest BCUT2D eigenvalue weighted by Crippen LogP contribution is -2.38. The largest absolute Gasteiger partial charge is 0.504 e. The normalized spacial score (nSPS) is 18.5. The predicted molar refractivity (Wildman–Crippen MR) is 57.2 cm³/mol. The van der Waals surface area contributed by atoms with E-state index >= 15 is 0 Å². The minimum Gasteiger partial charge on any atom is -0.504 e. The van der Waals surface area contributed by atoms with Gasteiger partial charge in [-0.05, 0) is 30.5 Å². The maximum atomic E-state index is 9.46. The number of hydrogen-bond acceptors (Lipinski definition) is 3. The van der Waals surface area contributed by atoms with E-state index < -0.39 is 0 Å². The molecule has 0 bridgehead atoms. The molecule has 0 heterocycles. The first-order valence-electron chi connectivity index (χ1n) is 5.19. The zero-order valence-electron chi connectivity index (χ0n) is 8.86. The third-order valence-electron chi connectivity index (χ3n) is 3.32. The number of rotatable bonds is 3. The molecule has 2 rings (SSSR count). The molecule has 2 N–H and O–H groups in total. The predicted octanol–water partition coefficient (Wildman–Crippen LogP) is 2.17. The highest BCUT2D eigenvalue weighted by Crippen LogP contribution is 2.45. The Hall–Kier alpha value is -1.22. The van der Waals surface area contributed by atoms with E-state index in [1.54, 1.807) is 19.2 Å². The van der Waals surface area contributed by atoms with Gasteiger partial charge >= 0.3 is 0 Å². The Morgan fingerprint density at radius 1 is 1.27 bits per heavy atom. The van der Waals surface area contributed by atoms with Gasteiger partial charge in [0.05, 0.1) is 6.61 Å². The van der Waals surface area contributed by atoms with Gasteiger partial charge in [0.25, 0.3) is 0 Å². The summed E-state index contributed by atoms with van der Waals surface area (Å²) in [7, 11) is 1.69. The van der Waals surface area contributed by atoms with Crippen molar-refractivity contribution in [2.24, 2.45) is 0 Å². The molecule has 0 aliphatic heterocycles. The van der Waals surface area contributed by atoms with Crippen molar-refractivity contribution in [3.8, 4) is 11.5 Å². The average Bonchev–Trinajstić information content (AvgIpc) is 2.16. The van der Waals surface area contributed by atoms with Crippen LogP contribution >= 0.6 is 0 Å². The monoisotopic (exact) mass is 208 g/mol. The molecule has 3 heteroatoms. The number of aromatic hydroxyl groups is 2. The third kappa shape index (κ3) is 1.67. The van der Waals surface area contributed by atoms with Crippen molar-refractivity contribution in [2.45, 2.75) is 24.7 Å². The van der Waals surface area contributed by atoms with Crippen LogP contribution in [0, 0.1) is 0 Å². The standard InChI is InChI=1S/C12H16O3/c1-15-8-12(5-2-6-12)9-3-4-10(13)11(14)7-9/h3-4,7,13-14H,2,5-6,8H2,1H3. The van der Waals surface area contributed by atoms with E-state index in [2.05, 4.69) is 0 Å². The first-order chi connectivity index (χ1) is 7.18. The fourth-order valence-corrected chi connectivity index (χ4v) is 2.25. The fraction of sp³-hybridized carbons (Fsp3) is 0.500. The number of methoxy groups -OCH3 is 1. The summed E-state index contributed by atoms with van der Waals surface area (Å²) < 4.78 is 5.23. The molecule has 0 radical (unpaired) electrons. The van der Waals surface area contributed by atoms with Crippen LogP contribution in [-0.4, -0.2) is 23.9 Å². The Kier molecular flexibility index (Phi) is 2.57. The molecule has 1 aliphatic carbocycles. The first-order valence-corrected chi connectivity index (χ1v) is 5.19. The van der Waals surface area contributed by atoms with Crippen molar-refractivity contribution in [1.29, 1.82) is 0 Å². The highest BCUT2D eigenvalue weighted by atomic mass is 16.5. The maximum Gasteiger partial charge on any atom is 0.157 e. The van der Waals surface area contributed by atoms with Crippen molar-refractivity contribution in [3.63, 3.8) is 0 Å². The van der Waals surface area contributed by atoms with Gasteiger partial charge in [-0.2, -0.15) is 0 Å². The average molecular weight is 208 g/mol. The number of hydrogen-bond donors (Lipinski definition) is 2. The van der Waals surface area contributed by atoms with Crippen LogP contribution in [0.15, 0.2) is 18.2 Å². The summed E-state index contributed by atoms with van der Waals surface area (Å²) in [5.41, 5.74) is 1.12. The summed E-state index contributed by atoms with van der Waals surface area (Å²) in [5.74, 6) is -0.111. The Labute approximate surface area is 89.3 Å². The van der Waals surface area contributed by atoms with Crippen LogP contribution in [0.2, 0.25) is 0 Å². The van der Waals surface area contributed by atoms with Crippen LogP contribution in [-0.2, 0) is 10.2 Å². The molecule has 1 aromatic carbocycles. The van der Waals surface area contributed by atoms with E-state index in [4.69, 9.17) is 4.74 Å². The van der Waals surface area contributed by atoms with E-state index in [1.165, 1.54) is 6.42 Å². The summed E-state index contributed by atoms with van der Waals surface area (Å²) in [5, 5.41) is 18.7. The lowest BCUT2D eigenvalue weighted by Gasteiger charge is -2.41. The fourth-order valence-electron chi connectivity index (χ4n) is 2.25. The van der Waals surface area contributed by atoms with Crippen molar-refractivity contribution in [3.05, 3.63) is 23.8 Å². The van der Waals surface area contributed by atoms with Crippen LogP contribution in [0.3, 0.4) is 0 Å². The Morgan fingerprint density at radius 3 is 2.47 bits per heavy atom. The molecule has 1 fully saturated rings. The van der Waals surface area contributed by atoms with Crippen molar-refractivity contribution in [1.82, 2.24) is 0 Å². The second-order valence-corrected chi connectivity index (χ2v) is 4.27. The second-order valence-electron chi connectivity index (χ2n) is 4.27. The van der Waals surface area contributed by atoms with E-state index in [-0.39, 0.29) is 16.9 Å². The van der Waals surface area contributed by atoms with Gasteiger partial charge in [0, 0.05) is 12.5 Å². The molecule has 0 atom stereocenters. The summed E-state index contributed by atoms with van der Waals surface area (Å²) in [6.45, 7) is 0.678. The number of ether oxygens (including phenoxy) is 1. The molecule has 15 heavy (non-hydrogen) atoms. The molecule has 0 amide bonds. The van der Waals surface area contributed by atoms with Crippen LogP contribution in [0.25, 0.3) is 0 Å². The number of benzene rings is 1. The summed E-state index contributed by atoms with van der Waals surface area (Å²) >= 11 is 0. The second kappa shape index (κ2) is 3.74. The quantitative estimate of drug-likeness (QED) is 0.748. The first kappa shape index (κ1) is 10.3. The van der Waals surface area contributed by atoms with Gasteiger partial charge in [-0.3, -0.25) is 0 Å².